The minimum Gasteiger partial charge on any atom is -0.367 e. The zero-order chi connectivity index (χ0) is 14.8. The lowest BCUT2D eigenvalue weighted by Gasteiger charge is -2.40. The molecule has 1 saturated heterocycles. The van der Waals surface area contributed by atoms with Crippen LogP contribution < -0.4 is 10.2 Å². The molecule has 0 amide bonds. The average molecular weight is 348 g/mol. The van der Waals surface area contributed by atoms with Crippen LogP contribution in [-0.2, 0) is 0 Å². The molecule has 1 aromatic rings. The molecule has 3 rings (SSSR count). The standard InChI is InChI=1S/C16H21Cl3N2/c17-12-8-14(19)16(9-13(12)18)21-7-6-20-15(10-21)11-4-2-1-3-5-11/h8-9,11,15,20H,1-7,10H2. The molecule has 1 aliphatic heterocycles. The molecule has 1 aromatic carbocycles. The largest absolute Gasteiger partial charge is 0.367 e. The van der Waals surface area contributed by atoms with Gasteiger partial charge < -0.3 is 10.2 Å². The van der Waals surface area contributed by atoms with Crippen molar-refractivity contribution in [3.63, 3.8) is 0 Å². The van der Waals surface area contributed by atoms with Crippen molar-refractivity contribution >= 4 is 40.5 Å². The molecule has 1 saturated carbocycles. The maximum absolute atomic E-state index is 6.36. The number of nitrogens with zero attached hydrogens (tertiary/aromatic N) is 1. The fourth-order valence-corrected chi connectivity index (χ4v) is 4.26. The average Bonchev–Trinajstić information content (AvgIpc) is 2.52. The number of hydrogen-bond donors (Lipinski definition) is 1. The molecule has 2 nitrogen and oxygen atoms in total. The monoisotopic (exact) mass is 346 g/mol. The molecule has 1 N–H and O–H groups in total. The predicted octanol–water partition coefficient (Wildman–Crippen LogP) is 5.01. The lowest BCUT2D eigenvalue weighted by molar-refractivity contribution is 0.257. The van der Waals surface area contributed by atoms with Crippen molar-refractivity contribution in [3.05, 3.63) is 27.2 Å². The number of rotatable bonds is 2. The van der Waals surface area contributed by atoms with E-state index in [-0.39, 0.29) is 0 Å². The van der Waals surface area contributed by atoms with E-state index < -0.39 is 0 Å². The summed E-state index contributed by atoms with van der Waals surface area (Å²) in [6.07, 6.45) is 6.83. The number of benzene rings is 1. The van der Waals surface area contributed by atoms with Gasteiger partial charge in [0.1, 0.15) is 0 Å². The molecule has 2 fully saturated rings. The SMILES string of the molecule is Clc1cc(Cl)c(N2CCNC(C3CCCCC3)C2)cc1Cl. The van der Waals surface area contributed by atoms with E-state index in [4.69, 9.17) is 34.8 Å². The Hall–Kier alpha value is -0.150. The molecule has 21 heavy (non-hydrogen) atoms. The summed E-state index contributed by atoms with van der Waals surface area (Å²) in [4.78, 5) is 2.35. The normalized spacial score (nSPS) is 24.3. The molecule has 5 heteroatoms. The first kappa shape index (κ1) is 15.7. The van der Waals surface area contributed by atoms with Crippen molar-refractivity contribution in [2.24, 2.45) is 5.92 Å². The van der Waals surface area contributed by atoms with Crippen LogP contribution in [0.2, 0.25) is 15.1 Å². The Bertz CT molecular complexity index is 501. The van der Waals surface area contributed by atoms with Crippen LogP contribution in [0.15, 0.2) is 12.1 Å². The Balaban J connectivity index is 1.75. The summed E-state index contributed by atoms with van der Waals surface area (Å²) in [6, 6.07) is 4.21. The number of nitrogens with one attached hydrogen (secondary N) is 1. The minimum atomic E-state index is 0.518. The van der Waals surface area contributed by atoms with E-state index >= 15 is 0 Å². The van der Waals surface area contributed by atoms with E-state index in [1.54, 1.807) is 6.07 Å². The lowest BCUT2D eigenvalue weighted by Crippen LogP contribution is -2.54. The van der Waals surface area contributed by atoms with Crippen LogP contribution in [-0.4, -0.2) is 25.7 Å². The number of piperazine rings is 1. The Morgan fingerprint density at radius 2 is 1.67 bits per heavy atom. The van der Waals surface area contributed by atoms with Gasteiger partial charge in [0.2, 0.25) is 0 Å². The van der Waals surface area contributed by atoms with E-state index in [9.17, 15) is 0 Å². The highest BCUT2D eigenvalue weighted by Crippen LogP contribution is 2.36. The van der Waals surface area contributed by atoms with Crippen molar-refractivity contribution in [2.75, 3.05) is 24.5 Å². The number of hydrogen-bond acceptors (Lipinski definition) is 2. The van der Waals surface area contributed by atoms with Crippen molar-refractivity contribution in [1.29, 1.82) is 0 Å². The first-order chi connectivity index (χ1) is 10.1. The maximum Gasteiger partial charge on any atom is 0.0655 e. The van der Waals surface area contributed by atoms with Crippen LogP contribution in [0.25, 0.3) is 0 Å². The Morgan fingerprint density at radius 1 is 0.952 bits per heavy atom. The quantitative estimate of drug-likeness (QED) is 0.757. The van der Waals surface area contributed by atoms with E-state index in [1.807, 2.05) is 6.07 Å². The maximum atomic E-state index is 6.36. The highest BCUT2D eigenvalue weighted by molar-refractivity contribution is 6.44. The Kier molecular flexibility index (Phi) is 5.21. The van der Waals surface area contributed by atoms with Crippen LogP contribution >= 0.6 is 34.8 Å². The van der Waals surface area contributed by atoms with Gasteiger partial charge in [0.05, 0.1) is 20.8 Å². The van der Waals surface area contributed by atoms with Gasteiger partial charge in [-0.15, -0.1) is 0 Å². The van der Waals surface area contributed by atoms with Gasteiger partial charge >= 0.3 is 0 Å². The van der Waals surface area contributed by atoms with Crippen molar-refractivity contribution in [1.82, 2.24) is 5.32 Å². The van der Waals surface area contributed by atoms with Gasteiger partial charge in [0.15, 0.2) is 0 Å². The van der Waals surface area contributed by atoms with Crippen molar-refractivity contribution in [2.45, 2.75) is 38.1 Å². The molecule has 1 atom stereocenters. The number of anilines is 1. The molecule has 0 bridgehead atoms. The third-order valence-electron chi connectivity index (χ3n) is 4.75. The summed E-state index contributed by atoms with van der Waals surface area (Å²) in [5, 5.41) is 5.47. The van der Waals surface area contributed by atoms with Gasteiger partial charge in [-0.2, -0.15) is 0 Å². The van der Waals surface area contributed by atoms with E-state index in [1.165, 1.54) is 32.1 Å². The molecule has 0 aromatic heterocycles. The second-order valence-electron chi connectivity index (χ2n) is 6.12. The zero-order valence-electron chi connectivity index (χ0n) is 12.0. The second-order valence-corrected chi connectivity index (χ2v) is 7.34. The van der Waals surface area contributed by atoms with Gasteiger partial charge in [0, 0.05) is 25.7 Å². The molecular formula is C16H21Cl3N2. The topological polar surface area (TPSA) is 15.3 Å². The first-order valence-corrected chi connectivity index (χ1v) is 8.91. The van der Waals surface area contributed by atoms with Gasteiger partial charge in [-0.3, -0.25) is 0 Å². The lowest BCUT2D eigenvalue weighted by atomic mass is 9.83. The molecule has 2 aliphatic rings. The first-order valence-electron chi connectivity index (χ1n) is 7.78. The zero-order valence-corrected chi connectivity index (χ0v) is 14.3. The molecule has 0 spiro atoms. The Morgan fingerprint density at radius 3 is 2.43 bits per heavy atom. The highest BCUT2D eigenvalue weighted by Gasteiger charge is 2.29. The van der Waals surface area contributed by atoms with Crippen molar-refractivity contribution < 1.29 is 0 Å². The molecular weight excluding hydrogens is 327 g/mol. The summed E-state index contributed by atoms with van der Waals surface area (Å²) < 4.78 is 0. The summed E-state index contributed by atoms with van der Waals surface area (Å²) in [5.41, 5.74) is 1.01. The number of halogens is 3. The fourth-order valence-electron chi connectivity index (χ4n) is 3.60. The van der Waals surface area contributed by atoms with Crippen molar-refractivity contribution in [3.8, 4) is 0 Å². The third kappa shape index (κ3) is 3.61. The van der Waals surface area contributed by atoms with Gasteiger partial charge in [-0.1, -0.05) is 54.1 Å². The molecule has 1 heterocycles. The smallest absolute Gasteiger partial charge is 0.0655 e. The third-order valence-corrected chi connectivity index (χ3v) is 5.78. The van der Waals surface area contributed by atoms with Crippen LogP contribution in [0.4, 0.5) is 5.69 Å². The molecule has 0 radical (unpaired) electrons. The summed E-state index contributed by atoms with van der Waals surface area (Å²) in [6.45, 7) is 2.96. The van der Waals surface area contributed by atoms with E-state index in [0.29, 0.717) is 21.1 Å². The minimum absolute atomic E-state index is 0.518. The second kappa shape index (κ2) is 6.95. The summed E-state index contributed by atoms with van der Waals surface area (Å²) in [7, 11) is 0. The van der Waals surface area contributed by atoms with E-state index in [2.05, 4.69) is 10.2 Å². The van der Waals surface area contributed by atoms with Gasteiger partial charge in [-0.25, -0.2) is 0 Å². The molecule has 1 unspecified atom stereocenters. The molecule has 1 aliphatic carbocycles. The van der Waals surface area contributed by atoms with Crippen LogP contribution in [0.5, 0.6) is 0 Å². The van der Waals surface area contributed by atoms with E-state index in [0.717, 1.165) is 31.2 Å². The van der Waals surface area contributed by atoms with Crippen LogP contribution in [0, 0.1) is 5.92 Å². The fraction of sp³-hybridized carbons (Fsp3) is 0.625. The van der Waals surface area contributed by atoms with Gasteiger partial charge in [0.25, 0.3) is 0 Å². The highest BCUT2D eigenvalue weighted by atomic mass is 35.5. The van der Waals surface area contributed by atoms with Gasteiger partial charge in [-0.05, 0) is 30.9 Å². The summed E-state index contributed by atoms with van der Waals surface area (Å²) in [5.74, 6) is 0.795. The molecule has 116 valence electrons. The Labute approximate surface area is 141 Å². The van der Waals surface area contributed by atoms with Crippen LogP contribution in [0.3, 0.4) is 0 Å². The summed E-state index contributed by atoms with van der Waals surface area (Å²) >= 11 is 18.5. The van der Waals surface area contributed by atoms with Crippen LogP contribution in [0.1, 0.15) is 32.1 Å². The predicted molar refractivity (Wildman–Crippen MR) is 92.1 cm³/mol.